The quantitative estimate of drug-likeness (QED) is 0.606. The van der Waals surface area contributed by atoms with E-state index in [2.05, 4.69) is 11.2 Å². The Morgan fingerprint density at radius 3 is 2.91 bits per heavy atom. The third-order valence-electron chi connectivity index (χ3n) is 1.40. The molecule has 0 bridgehead atoms. The second kappa shape index (κ2) is 2.58. The number of benzene rings is 1. The summed E-state index contributed by atoms with van der Waals surface area (Å²) in [5, 5.41) is 0.617. The number of hydrogen-bond acceptors (Lipinski definition) is 3. The van der Waals surface area contributed by atoms with E-state index in [4.69, 9.17) is 4.42 Å². The van der Waals surface area contributed by atoms with Crippen molar-refractivity contribution in [3.8, 4) is 0 Å². The summed E-state index contributed by atoms with van der Waals surface area (Å²) in [4.78, 5) is 4.16. The molecule has 0 atom stereocenters. The first-order valence-electron chi connectivity index (χ1n) is 3.18. The summed E-state index contributed by atoms with van der Waals surface area (Å²) >= 11 is 1.27. The van der Waals surface area contributed by atoms with E-state index in [1.165, 1.54) is 11.8 Å². The van der Waals surface area contributed by atoms with Gasteiger partial charge in [-0.25, -0.2) is 4.98 Å². The van der Waals surface area contributed by atoms with E-state index in [0.717, 1.165) is 11.1 Å². The van der Waals surface area contributed by atoms with Gasteiger partial charge < -0.3 is 4.42 Å². The van der Waals surface area contributed by atoms with Gasteiger partial charge in [0.15, 0.2) is 5.58 Å². The Balaban J connectivity index is 2.69. The van der Waals surface area contributed by atoms with E-state index in [9.17, 15) is 0 Å². The summed E-state index contributed by atoms with van der Waals surface area (Å²) in [5.74, 6) is 0. The first-order valence-corrected chi connectivity index (χ1v) is 4.16. The largest absolute Gasteiger partial charge is 0.431 e. The molecule has 0 saturated heterocycles. The van der Waals surface area contributed by atoms with Crippen molar-refractivity contribution in [1.82, 2.24) is 4.98 Å². The van der Waals surface area contributed by atoms with Crippen molar-refractivity contribution in [2.45, 2.75) is 5.22 Å². The number of hydrogen-bond donors (Lipinski definition) is 0. The first-order chi connectivity index (χ1) is 5.40. The number of fused-ring (bicyclic) bond motifs is 1. The van der Waals surface area contributed by atoms with Crippen molar-refractivity contribution < 1.29 is 4.42 Å². The summed E-state index contributed by atoms with van der Waals surface area (Å²) in [7, 11) is 0. The van der Waals surface area contributed by atoms with E-state index < -0.39 is 0 Å². The van der Waals surface area contributed by atoms with Gasteiger partial charge >= 0.3 is 0 Å². The lowest BCUT2D eigenvalue weighted by atomic mass is 10.3. The molecule has 0 N–H and O–H groups in total. The molecule has 0 fully saturated rings. The highest BCUT2D eigenvalue weighted by molar-refractivity contribution is 8.00. The number of thioether (sulfide) groups is 1. The monoisotopic (exact) mass is 164 g/mol. The summed E-state index contributed by atoms with van der Waals surface area (Å²) in [6.45, 7) is 0. The molecule has 0 saturated carbocycles. The van der Waals surface area contributed by atoms with Gasteiger partial charge in [-0.3, -0.25) is 0 Å². The Morgan fingerprint density at radius 2 is 2.18 bits per heavy atom. The standard InChI is InChI=1S/C8H6NOS/c1-11-8-9-6-4-2-3-5-7(6)10-8/h2-5H,1H2. The van der Waals surface area contributed by atoms with E-state index in [1.807, 2.05) is 24.3 Å². The minimum absolute atomic E-state index is 0.617. The Bertz CT molecular complexity index is 336. The van der Waals surface area contributed by atoms with Gasteiger partial charge in [-0.1, -0.05) is 23.9 Å². The van der Waals surface area contributed by atoms with E-state index in [0.29, 0.717) is 5.22 Å². The Morgan fingerprint density at radius 1 is 1.36 bits per heavy atom. The Labute approximate surface area is 68.6 Å². The molecule has 55 valence electrons. The highest BCUT2D eigenvalue weighted by Gasteiger charge is 2.01. The van der Waals surface area contributed by atoms with Gasteiger partial charge in [-0.15, -0.1) is 0 Å². The number of rotatable bonds is 1. The predicted octanol–water partition coefficient (Wildman–Crippen LogP) is 2.71. The van der Waals surface area contributed by atoms with Crippen LogP contribution in [0.2, 0.25) is 0 Å². The van der Waals surface area contributed by atoms with Crippen LogP contribution in [0.15, 0.2) is 33.9 Å². The van der Waals surface area contributed by atoms with Crippen LogP contribution in [0.4, 0.5) is 0 Å². The lowest BCUT2D eigenvalue weighted by Crippen LogP contribution is -1.64. The van der Waals surface area contributed by atoms with Crippen LogP contribution in [-0.4, -0.2) is 4.98 Å². The van der Waals surface area contributed by atoms with Crippen LogP contribution < -0.4 is 0 Å². The second-order valence-corrected chi connectivity index (χ2v) is 2.73. The van der Waals surface area contributed by atoms with E-state index >= 15 is 0 Å². The van der Waals surface area contributed by atoms with Crippen molar-refractivity contribution in [2.24, 2.45) is 0 Å². The number of nitrogens with zero attached hydrogens (tertiary/aromatic N) is 1. The fraction of sp³-hybridized carbons (Fsp3) is 0. The Kier molecular flexibility index (Phi) is 1.58. The van der Waals surface area contributed by atoms with Crippen molar-refractivity contribution in [3.05, 3.63) is 30.5 Å². The summed E-state index contributed by atoms with van der Waals surface area (Å²) in [6, 6.07) is 7.66. The predicted molar refractivity (Wildman–Crippen MR) is 45.2 cm³/mol. The number of aromatic nitrogens is 1. The van der Waals surface area contributed by atoms with Crippen LogP contribution in [-0.2, 0) is 0 Å². The van der Waals surface area contributed by atoms with Gasteiger partial charge in [0.1, 0.15) is 5.52 Å². The lowest BCUT2D eigenvalue weighted by molar-refractivity contribution is 0.490. The molecule has 0 aliphatic carbocycles. The lowest BCUT2D eigenvalue weighted by Gasteiger charge is -1.80. The fourth-order valence-corrected chi connectivity index (χ4v) is 1.22. The number of oxazole rings is 1. The third kappa shape index (κ3) is 1.12. The molecule has 11 heavy (non-hydrogen) atoms. The molecule has 2 nitrogen and oxygen atoms in total. The zero-order valence-electron chi connectivity index (χ0n) is 5.78. The van der Waals surface area contributed by atoms with Crippen LogP contribution in [0.3, 0.4) is 0 Å². The molecule has 2 aromatic rings. The van der Waals surface area contributed by atoms with Gasteiger partial charge in [0.05, 0.1) is 0 Å². The fourth-order valence-electron chi connectivity index (χ4n) is 0.913. The molecule has 0 aliphatic rings. The van der Waals surface area contributed by atoms with Crippen molar-refractivity contribution in [3.63, 3.8) is 0 Å². The van der Waals surface area contributed by atoms with Gasteiger partial charge in [0, 0.05) is 6.26 Å². The molecule has 1 radical (unpaired) electrons. The molecule has 0 amide bonds. The molecule has 1 aromatic carbocycles. The van der Waals surface area contributed by atoms with Gasteiger partial charge in [0.25, 0.3) is 5.22 Å². The van der Waals surface area contributed by atoms with Gasteiger partial charge in [0.2, 0.25) is 0 Å². The smallest absolute Gasteiger partial charge is 0.256 e. The first kappa shape index (κ1) is 6.73. The molecule has 0 spiro atoms. The Hall–Kier alpha value is -0.960. The average molecular weight is 164 g/mol. The van der Waals surface area contributed by atoms with Crippen molar-refractivity contribution in [2.75, 3.05) is 0 Å². The summed E-state index contributed by atoms with van der Waals surface area (Å²) < 4.78 is 5.31. The average Bonchev–Trinajstić information content (AvgIpc) is 2.46. The summed E-state index contributed by atoms with van der Waals surface area (Å²) in [5.41, 5.74) is 1.71. The molecule has 0 aliphatic heterocycles. The van der Waals surface area contributed by atoms with Crippen molar-refractivity contribution in [1.29, 1.82) is 0 Å². The van der Waals surface area contributed by atoms with Crippen LogP contribution in [0.1, 0.15) is 0 Å². The number of para-hydroxylation sites is 2. The molecular weight excluding hydrogens is 158 g/mol. The SMILES string of the molecule is [CH2]Sc1nc2ccccc2o1. The topological polar surface area (TPSA) is 26.0 Å². The van der Waals surface area contributed by atoms with E-state index in [-0.39, 0.29) is 0 Å². The maximum atomic E-state index is 5.31. The second-order valence-electron chi connectivity index (χ2n) is 2.09. The van der Waals surface area contributed by atoms with Crippen LogP contribution >= 0.6 is 11.8 Å². The minimum atomic E-state index is 0.617. The molecule has 1 heterocycles. The molecular formula is C8H6NOS. The zero-order valence-corrected chi connectivity index (χ0v) is 6.60. The van der Waals surface area contributed by atoms with Crippen molar-refractivity contribution >= 4 is 22.9 Å². The molecule has 1 aromatic heterocycles. The van der Waals surface area contributed by atoms with Gasteiger partial charge in [-0.05, 0) is 12.1 Å². The molecule has 3 heteroatoms. The van der Waals surface area contributed by atoms with Gasteiger partial charge in [-0.2, -0.15) is 0 Å². The normalized spacial score (nSPS) is 10.6. The van der Waals surface area contributed by atoms with E-state index in [1.54, 1.807) is 0 Å². The van der Waals surface area contributed by atoms with Crippen LogP contribution in [0.25, 0.3) is 11.1 Å². The van der Waals surface area contributed by atoms with Crippen LogP contribution in [0.5, 0.6) is 0 Å². The highest BCUT2D eigenvalue weighted by atomic mass is 32.2. The third-order valence-corrected chi connectivity index (χ3v) is 1.82. The highest BCUT2D eigenvalue weighted by Crippen LogP contribution is 2.21. The summed E-state index contributed by atoms with van der Waals surface area (Å²) in [6.07, 6.45) is 3.61. The molecule has 2 rings (SSSR count). The van der Waals surface area contributed by atoms with Crippen LogP contribution in [0, 0.1) is 6.26 Å². The maximum absolute atomic E-state index is 5.31. The maximum Gasteiger partial charge on any atom is 0.256 e. The minimum Gasteiger partial charge on any atom is -0.431 e. The zero-order chi connectivity index (χ0) is 7.68. The molecule has 0 unspecified atom stereocenters.